The summed E-state index contributed by atoms with van der Waals surface area (Å²) in [6.45, 7) is 4.02. The molecule has 11 heteroatoms. The van der Waals surface area contributed by atoms with Gasteiger partial charge in [-0.05, 0) is 25.1 Å². The molecule has 3 N–H and O–H groups in total. The van der Waals surface area contributed by atoms with E-state index in [1.54, 1.807) is 13.1 Å². The first kappa shape index (κ1) is 20.3. The van der Waals surface area contributed by atoms with E-state index in [4.69, 9.17) is 4.74 Å². The van der Waals surface area contributed by atoms with Crippen LogP contribution in [0.15, 0.2) is 29.5 Å². The van der Waals surface area contributed by atoms with Crippen LogP contribution in [0, 0.1) is 6.92 Å². The lowest BCUT2D eigenvalue weighted by molar-refractivity contribution is 0.0397. The number of nitrogens with zero attached hydrogens (tertiary/aromatic N) is 5. The Labute approximate surface area is 175 Å². The van der Waals surface area contributed by atoms with Crippen molar-refractivity contribution in [3.05, 3.63) is 46.8 Å². The fourth-order valence-electron chi connectivity index (χ4n) is 3.23. The van der Waals surface area contributed by atoms with Gasteiger partial charge in [0, 0.05) is 6.20 Å². The van der Waals surface area contributed by atoms with Gasteiger partial charge in [-0.2, -0.15) is 5.10 Å². The van der Waals surface area contributed by atoms with Crippen LogP contribution in [0.5, 0.6) is 5.75 Å². The smallest absolute Gasteiger partial charge is 0.335 e. The molecular weight excluding hydrogens is 406 g/mol. The van der Waals surface area contributed by atoms with Crippen LogP contribution in [0.3, 0.4) is 0 Å². The monoisotopic (exact) mass is 425 g/mol. The molecule has 0 saturated carbocycles. The summed E-state index contributed by atoms with van der Waals surface area (Å²) in [4.78, 5) is 27.1. The minimum absolute atomic E-state index is 0.0467. The topological polar surface area (TPSA) is 150 Å². The van der Waals surface area contributed by atoms with E-state index in [1.165, 1.54) is 23.0 Å². The molecule has 1 aliphatic heterocycles. The van der Waals surface area contributed by atoms with Crippen molar-refractivity contribution < 1.29 is 29.6 Å². The number of aromatic nitrogens is 3. The fraction of sp³-hybridized carbons (Fsp3) is 0.250. The summed E-state index contributed by atoms with van der Waals surface area (Å²) >= 11 is 0. The summed E-state index contributed by atoms with van der Waals surface area (Å²) < 4.78 is 6.63. The molecule has 160 valence electrons. The molecule has 0 bridgehead atoms. The van der Waals surface area contributed by atoms with E-state index < -0.39 is 11.9 Å². The van der Waals surface area contributed by atoms with Crippen LogP contribution in [0.4, 0.5) is 0 Å². The quantitative estimate of drug-likeness (QED) is 0.517. The summed E-state index contributed by atoms with van der Waals surface area (Å²) in [6.07, 6.45) is 3.08. The zero-order valence-electron chi connectivity index (χ0n) is 16.5. The molecule has 3 heterocycles. The Kier molecular flexibility index (Phi) is 5.26. The molecule has 4 rings (SSSR count). The average Bonchev–Trinajstić information content (AvgIpc) is 3.18. The van der Waals surface area contributed by atoms with Gasteiger partial charge in [0.1, 0.15) is 5.75 Å². The van der Waals surface area contributed by atoms with Crippen LogP contribution in [-0.4, -0.2) is 79.5 Å². The average molecular weight is 425 g/mol. The molecule has 0 atom stereocenters. The lowest BCUT2D eigenvalue weighted by Gasteiger charge is -2.23. The van der Waals surface area contributed by atoms with Crippen molar-refractivity contribution in [1.82, 2.24) is 19.8 Å². The van der Waals surface area contributed by atoms with E-state index in [9.17, 15) is 24.9 Å². The predicted molar refractivity (Wildman–Crippen MR) is 109 cm³/mol. The second kappa shape index (κ2) is 8.03. The van der Waals surface area contributed by atoms with Crippen molar-refractivity contribution in [1.29, 1.82) is 0 Å². The lowest BCUT2D eigenvalue weighted by Crippen LogP contribution is -2.32. The number of aryl methyl sites for hydroxylation is 1. The van der Waals surface area contributed by atoms with E-state index in [-0.39, 0.29) is 22.6 Å². The van der Waals surface area contributed by atoms with Crippen LogP contribution in [0.1, 0.15) is 32.0 Å². The highest BCUT2D eigenvalue weighted by Crippen LogP contribution is 2.28. The third kappa shape index (κ3) is 4.03. The van der Waals surface area contributed by atoms with Crippen molar-refractivity contribution in [3.8, 4) is 11.4 Å². The molecule has 0 amide bonds. The van der Waals surface area contributed by atoms with Crippen molar-refractivity contribution in [3.63, 3.8) is 0 Å². The number of rotatable bonds is 5. The van der Waals surface area contributed by atoms with Crippen LogP contribution in [-0.2, 0) is 4.74 Å². The number of fused-ring (bicyclic) bond motifs is 1. The number of carboxylic acid groups (broad SMARTS) is 2. The number of hydrazone groups is 1. The zero-order chi connectivity index (χ0) is 22.1. The molecule has 0 aliphatic carbocycles. The molecule has 31 heavy (non-hydrogen) atoms. The Morgan fingerprint density at radius 3 is 2.39 bits per heavy atom. The Morgan fingerprint density at radius 1 is 1.13 bits per heavy atom. The first-order valence-corrected chi connectivity index (χ1v) is 9.41. The second-order valence-electron chi connectivity index (χ2n) is 6.96. The van der Waals surface area contributed by atoms with Crippen LogP contribution < -0.4 is 0 Å². The molecule has 0 radical (unpaired) electrons. The molecule has 1 aromatic carbocycles. The first-order chi connectivity index (χ1) is 14.8. The minimum Gasteiger partial charge on any atom is -0.505 e. The van der Waals surface area contributed by atoms with Crippen LogP contribution in [0.2, 0.25) is 0 Å². The van der Waals surface area contributed by atoms with Gasteiger partial charge in [0.25, 0.3) is 0 Å². The molecule has 0 unspecified atom stereocenters. The Balaban J connectivity index is 1.82. The number of pyridine rings is 1. The van der Waals surface area contributed by atoms with E-state index >= 15 is 0 Å². The second-order valence-corrected chi connectivity index (χ2v) is 6.96. The van der Waals surface area contributed by atoms with Crippen molar-refractivity contribution in [2.75, 3.05) is 26.3 Å². The van der Waals surface area contributed by atoms with Gasteiger partial charge in [-0.3, -0.25) is 5.01 Å². The highest BCUT2D eigenvalue weighted by atomic mass is 16.5. The predicted octanol–water partition coefficient (Wildman–Crippen LogP) is 1.50. The number of morpholine rings is 1. The summed E-state index contributed by atoms with van der Waals surface area (Å²) in [5.74, 6) is -2.56. The summed E-state index contributed by atoms with van der Waals surface area (Å²) in [5.41, 5.74) is 0.936. The lowest BCUT2D eigenvalue weighted by atomic mass is 10.1. The maximum Gasteiger partial charge on any atom is 0.335 e. The number of carboxylic acids is 2. The maximum atomic E-state index is 11.4. The molecule has 2 aromatic heterocycles. The minimum atomic E-state index is -1.26. The standard InChI is InChI=1S/C20H19N5O6/c1-11-17(26)15(9-21-24-2-4-31-5-3-24)16-10-25(23-18(16)22-11)14-7-12(19(27)28)6-13(8-14)20(29)30/h6-10,26H,2-5H2,1H3,(H,27,28)(H,29,30)/b21-9+. The third-order valence-electron chi connectivity index (χ3n) is 4.87. The van der Waals surface area contributed by atoms with Gasteiger partial charge in [-0.15, -0.1) is 5.10 Å². The van der Waals surface area contributed by atoms with Crippen LogP contribution >= 0.6 is 0 Å². The molecule has 3 aromatic rings. The summed E-state index contributed by atoms with van der Waals surface area (Å²) in [6, 6.07) is 3.70. The molecule has 11 nitrogen and oxygen atoms in total. The van der Waals surface area contributed by atoms with Gasteiger partial charge in [-0.25, -0.2) is 19.3 Å². The van der Waals surface area contributed by atoms with Gasteiger partial charge in [-0.1, -0.05) is 0 Å². The zero-order valence-corrected chi connectivity index (χ0v) is 16.5. The molecular formula is C20H19N5O6. The first-order valence-electron chi connectivity index (χ1n) is 9.41. The van der Waals surface area contributed by atoms with Gasteiger partial charge in [0.05, 0.1) is 66.0 Å². The Morgan fingerprint density at radius 2 is 1.77 bits per heavy atom. The number of carbonyl (C=O) groups is 2. The van der Waals surface area contributed by atoms with Gasteiger partial charge >= 0.3 is 11.9 Å². The van der Waals surface area contributed by atoms with Crippen molar-refractivity contribution >= 4 is 29.2 Å². The van der Waals surface area contributed by atoms with Crippen LogP contribution in [0.25, 0.3) is 16.7 Å². The molecule has 1 fully saturated rings. The maximum absolute atomic E-state index is 11.4. The van der Waals surface area contributed by atoms with Gasteiger partial charge in [0.15, 0.2) is 5.65 Å². The number of benzene rings is 1. The fourth-order valence-corrected chi connectivity index (χ4v) is 3.23. The van der Waals surface area contributed by atoms with Gasteiger partial charge < -0.3 is 20.1 Å². The number of hydrogen-bond donors (Lipinski definition) is 3. The Bertz CT molecular complexity index is 1180. The number of hydrogen-bond acceptors (Lipinski definition) is 8. The summed E-state index contributed by atoms with van der Waals surface area (Å²) in [5, 5.41) is 40.2. The highest BCUT2D eigenvalue weighted by Gasteiger charge is 2.18. The van der Waals surface area contributed by atoms with E-state index in [0.29, 0.717) is 48.6 Å². The van der Waals surface area contributed by atoms with Crippen molar-refractivity contribution in [2.45, 2.75) is 6.92 Å². The van der Waals surface area contributed by atoms with E-state index in [1.807, 2.05) is 5.01 Å². The molecule has 0 spiro atoms. The SMILES string of the molecule is Cc1nc2nn(-c3cc(C(=O)O)cc(C(=O)O)c3)cc2c(/C=N/N2CCOCC2)c1O. The highest BCUT2D eigenvalue weighted by molar-refractivity contribution is 6.00. The number of aromatic hydroxyl groups is 1. The molecule has 1 saturated heterocycles. The number of ether oxygens (including phenoxy) is 1. The summed E-state index contributed by atoms with van der Waals surface area (Å²) in [7, 11) is 0. The van der Waals surface area contributed by atoms with E-state index in [2.05, 4.69) is 15.2 Å². The third-order valence-corrected chi connectivity index (χ3v) is 4.87. The molecule has 1 aliphatic rings. The normalized spacial score (nSPS) is 14.4. The van der Waals surface area contributed by atoms with Crippen molar-refractivity contribution in [2.24, 2.45) is 5.10 Å². The van der Waals surface area contributed by atoms with Gasteiger partial charge in [0.2, 0.25) is 0 Å². The van der Waals surface area contributed by atoms with E-state index in [0.717, 1.165) is 6.07 Å². The Hall–Kier alpha value is -3.99. The number of aromatic carboxylic acids is 2. The largest absolute Gasteiger partial charge is 0.505 e.